The predicted molar refractivity (Wildman–Crippen MR) is 50.7 cm³/mol. The van der Waals surface area contributed by atoms with Gasteiger partial charge in [0, 0.05) is 0 Å². The van der Waals surface area contributed by atoms with Gasteiger partial charge in [-0.25, -0.2) is 0 Å². The molecule has 4 heteroatoms. The Morgan fingerprint density at radius 2 is 2.31 bits per heavy atom. The second-order valence-electron chi connectivity index (χ2n) is 2.41. The van der Waals surface area contributed by atoms with E-state index in [1.807, 2.05) is 6.07 Å². The number of hydrogen-bond donors (Lipinski definition) is 0. The summed E-state index contributed by atoms with van der Waals surface area (Å²) in [5.74, 6) is -0.392. The second kappa shape index (κ2) is 4.11. The Kier molecular flexibility index (Phi) is 3.11. The van der Waals surface area contributed by atoms with Crippen molar-refractivity contribution in [2.75, 3.05) is 7.11 Å². The molecule has 0 aliphatic carbocycles. The van der Waals surface area contributed by atoms with Crippen LogP contribution in [0.1, 0.15) is 15.9 Å². The molecule has 0 saturated heterocycles. The van der Waals surface area contributed by atoms with E-state index in [0.29, 0.717) is 11.1 Å². The standard InChI is InChI=1S/C9H8AsNO2/c1-13-9(12)7-4-6(5-11)2-3-8(7)10/h2-4H,10H2,1H3. The van der Waals surface area contributed by atoms with Gasteiger partial charge in [0.05, 0.1) is 0 Å². The van der Waals surface area contributed by atoms with Crippen LogP contribution >= 0.6 is 0 Å². The molecule has 1 aromatic carbocycles. The monoisotopic (exact) mass is 237 g/mol. The van der Waals surface area contributed by atoms with Gasteiger partial charge in [-0.05, 0) is 0 Å². The van der Waals surface area contributed by atoms with Crippen LogP contribution in [0, 0.1) is 11.3 Å². The van der Waals surface area contributed by atoms with Crippen LogP contribution in [0.3, 0.4) is 0 Å². The molecule has 0 aromatic heterocycles. The van der Waals surface area contributed by atoms with Gasteiger partial charge in [-0.1, -0.05) is 0 Å². The number of hydrogen-bond acceptors (Lipinski definition) is 3. The van der Waals surface area contributed by atoms with E-state index in [2.05, 4.69) is 4.74 Å². The summed E-state index contributed by atoms with van der Waals surface area (Å²) in [6, 6.07) is 6.96. The molecule has 0 N–H and O–H groups in total. The molecule has 1 unspecified atom stereocenters. The number of carbonyl (C=O) groups is 1. The average molecular weight is 237 g/mol. The van der Waals surface area contributed by atoms with Gasteiger partial charge in [0.15, 0.2) is 0 Å². The maximum absolute atomic E-state index is 11.2. The third-order valence-electron chi connectivity index (χ3n) is 1.59. The van der Waals surface area contributed by atoms with Crippen molar-refractivity contribution in [1.82, 2.24) is 0 Å². The van der Waals surface area contributed by atoms with Gasteiger partial charge in [0.25, 0.3) is 0 Å². The normalized spacial score (nSPS) is 9.00. The van der Waals surface area contributed by atoms with Crippen LogP contribution in [0.25, 0.3) is 0 Å². The average Bonchev–Trinajstić information content (AvgIpc) is 2.17. The summed E-state index contributed by atoms with van der Waals surface area (Å²) in [4.78, 5) is 11.2. The van der Waals surface area contributed by atoms with Gasteiger partial charge < -0.3 is 0 Å². The quantitative estimate of drug-likeness (QED) is 0.493. The first-order valence-electron chi connectivity index (χ1n) is 3.57. The molecule has 0 aliphatic rings. The van der Waals surface area contributed by atoms with Crippen LogP contribution in [0.5, 0.6) is 0 Å². The topological polar surface area (TPSA) is 50.1 Å². The Bertz CT molecular complexity index is 382. The molecule has 13 heavy (non-hydrogen) atoms. The van der Waals surface area contributed by atoms with Crippen molar-refractivity contribution in [3.05, 3.63) is 29.3 Å². The first kappa shape index (κ1) is 9.82. The zero-order chi connectivity index (χ0) is 9.84. The molecule has 0 saturated carbocycles. The number of carbonyl (C=O) groups excluding carboxylic acids is 1. The molecule has 0 aliphatic heterocycles. The molecule has 1 atom stereocenters. The van der Waals surface area contributed by atoms with E-state index in [0.717, 1.165) is 4.35 Å². The summed E-state index contributed by atoms with van der Waals surface area (Å²) in [6.45, 7) is 0. The first-order chi connectivity index (χ1) is 6.19. The van der Waals surface area contributed by atoms with Gasteiger partial charge in [0.1, 0.15) is 0 Å². The van der Waals surface area contributed by atoms with E-state index in [1.54, 1.807) is 18.2 Å². The van der Waals surface area contributed by atoms with Gasteiger partial charge in [-0.15, -0.1) is 0 Å². The summed E-state index contributed by atoms with van der Waals surface area (Å²) in [6.07, 6.45) is 0. The number of rotatable bonds is 1. The fraction of sp³-hybridized carbons (Fsp3) is 0.111. The van der Waals surface area contributed by atoms with E-state index < -0.39 is 5.97 Å². The Hall–Kier alpha value is -1.26. The molecule has 0 amide bonds. The molecule has 66 valence electrons. The molecule has 1 rings (SSSR count). The van der Waals surface area contributed by atoms with Crippen LogP contribution < -0.4 is 4.35 Å². The van der Waals surface area contributed by atoms with Crippen LogP contribution in [0.15, 0.2) is 18.2 Å². The molecule has 0 bridgehead atoms. The molecular weight excluding hydrogens is 229 g/mol. The molecule has 1 aromatic rings. The summed E-state index contributed by atoms with van der Waals surface area (Å²) in [5, 5.41) is 8.61. The molecular formula is C9H8AsNO2. The Morgan fingerprint density at radius 1 is 1.62 bits per heavy atom. The van der Waals surface area contributed by atoms with Gasteiger partial charge in [-0.2, -0.15) is 0 Å². The Labute approximate surface area is 84.8 Å². The molecule has 0 spiro atoms. The second-order valence-corrected chi connectivity index (χ2v) is 3.71. The van der Waals surface area contributed by atoms with Crippen molar-refractivity contribution in [3.8, 4) is 6.07 Å². The van der Waals surface area contributed by atoms with E-state index in [4.69, 9.17) is 5.26 Å². The Morgan fingerprint density at radius 3 is 2.85 bits per heavy atom. The number of nitriles is 1. The summed E-state index contributed by atoms with van der Waals surface area (Å²) in [5.41, 5.74) is 0.948. The summed E-state index contributed by atoms with van der Waals surface area (Å²) < 4.78 is 5.45. The fourth-order valence-electron chi connectivity index (χ4n) is 0.913. The molecule has 3 nitrogen and oxygen atoms in total. The van der Waals surface area contributed by atoms with Gasteiger partial charge in [0.2, 0.25) is 0 Å². The molecule has 0 radical (unpaired) electrons. The fourth-order valence-corrected chi connectivity index (χ4v) is 1.54. The van der Waals surface area contributed by atoms with Crippen molar-refractivity contribution < 1.29 is 9.53 Å². The van der Waals surface area contributed by atoms with Crippen LogP contribution in [-0.4, -0.2) is 29.9 Å². The number of methoxy groups -OCH3 is 1. The third-order valence-corrected chi connectivity index (χ3v) is 2.64. The van der Waals surface area contributed by atoms with E-state index in [9.17, 15) is 4.79 Å². The van der Waals surface area contributed by atoms with Crippen molar-refractivity contribution >= 4 is 27.2 Å². The minimum atomic E-state index is -0.392. The van der Waals surface area contributed by atoms with E-state index in [-0.39, 0.29) is 0 Å². The summed E-state index contributed by atoms with van der Waals surface area (Å²) >= 11 is 1.34. The zero-order valence-corrected chi connectivity index (χ0v) is 9.50. The van der Waals surface area contributed by atoms with E-state index >= 15 is 0 Å². The van der Waals surface area contributed by atoms with Crippen molar-refractivity contribution in [3.63, 3.8) is 0 Å². The Balaban J connectivity index is 3.20. The predicted octanol–water partition coefficient (Wildman–Crippen LogP) is -0.397. The molecule has 0 fully saturated rings. The third kappa shape index (κ3) is 2.10. The number of benzene rings is 1. The van der Waals surface area contributed by atoms with E-state index in [1.165, 1.54) is 24.0 Å². The van der Waals surface area contributed by atoms with Crippen LogP contribution in [-0.2, 0) is 4.74 Å². The maximum atomic E-state index is 11.2. The van der Waals surface area contributed by atoms with Crippen molar-refractivity contribution in [2.45, 2.75) is 0 Å². The van der Waals surface area contributed by atoms with Crippen molar-refractivity contribution in [2.24, 2.45) is 0 Å². The van der Waals surface area contributed by atoms with Gasteiger partial charge >= 0.3 is 84.5 Å². The summed E-state index contributed by atoms with van der Waals surface area (Å²) in [7, 11) is 1.33. The van der Waals surface area contributed by atoms with Crippen LogP contribution in [0.4, 0.5) is 0 Å². The van der Waals surface area contributed by atoms with Crippen molar-refractivity contribution in [1.29, 1.82) is 5.26 Å². The van der Waals surface area contributed by atoms with Crippen LogP contribution in [0.2, 0.25) is 0 Å². The zero-order valence-electron chi connectivity index (χ0n) is 7.07. The number of nitrogens with zero attached hydrogens (tertiary/aromatic N) is 1. The first-order valence-corrected chi connectivity index (χ1v) is 4.78. The van der Waals surface area contributed by atoms with Gasteiger partial charge in [-0.3, -0.25) is 0 Å². The number of esters is 1. The SMILES string of the molecule is COC(=O)c1cc(C#N)ccc1[AsH2]. The molecule has 0 heterocycles. The number of ether oxygens (including phenoxy) is 1. The minimum absolute atomic E-state index is 0.392.